The number of nitrogens with zero attached hydrogens (tertiary/aromatic N) is 3. The van der Waals surface area contributed by atoms with Gasteiger partial charge < -0.3 is 10.1 Å². The van der Waals surface area contributed by atoms with E-state index in [0.717, 1.165) is 39.4 Å². The largest absolute Gasteiger partial charge is 0.496 e. The van der Waals surface area contributed by atoms with Crippen molar-refractivity contribution in [2.45, 2.75) is 45.3 Å². The minimum absolute atomic E-state index is 0.150. The molecule has 1 unspecified atom stereocenters. The highest BCUT2D eigenvalue weighted by atomic mass is 32.2. The van der Waals surface area contributed by atoms with Gasteiger partial charge in [-0.2, -0.15) is 5.10 Å². The molecule has 0 radical (unpaired) electrons. The molecule has 0 fully saturated rings. The number of hydrogen-bond donors (Lipinski definition) is 1. The first-order valence-corrected chi connectivity index (χ1v) is 14.8. The van der Waals surface area contributed by atoms with Gasteiger partial charge in [0.05, 0.1) is 29.5 Å². The Kier molecular flexibility index (Phi) is 8.14. The standard InChI is InChI=1S/C33H35FN4O3S/c1-20-11-16-25(21(2)17-20)38-32-29(31(36-38)33(3,4)5)30(24-9-7-8-10-26(24)41-6)42-19-28(40)37(32)18-27(39)35-23-14-12-22(34)13-15-23/h7-17,30H,18-19H2,1-6H3,(H,35,39). The van der Waals surface area contributed by atoms with Gasteiger partial charge in [0.2, 0.25) is 11.8 Å². The van der Waals surface area contributed by atoms with Crippen molar-refractivity contribution >= 4 is 35.1 Å². The van der Waals surface area contributed by atoms with Gasteiger partial charge in [0.15, 0.2) is 0 Å². The van der Waals surface area contributed by atoms with Crippen LogP contribution >= 0.6 is 11.8 Å². The number of nitrogens with one attached hydrogen (secondary N) is 1. The lowest BCUT2D eigenvalue weighted by Crippen LogP contribution is -2.40. The number of anilines is 2. The number of hydrogen-bond acceptors (Lipinski definition) is 5. The number of benzene rings is 3. The number of carbonyl (C=O) groups is 2. The van der Waals surface area contributed by atoms with Gasteiger partial charge in [-0.25, -0.2) is 9.07 Å². The number of carbonyl (C=O) groups excluding carboxylic acids is 2. The minimum Gasteiger partial charge on any atom is -0.496 e. The normalized spacial score (nSPS) is 15.3. The molecule has 0 spiro atoms. The lowest BCUT2D eigenvalue weighted by Gasteiger charge is -2.25. The van der Waals surface area contributed by atoms with Gasteiger partial charge in [-0.05, 0) is 55.8 Å². The van der Waals surface area contributed by atoms with Crippen LogP contribution in [0.25, 0.3) is 5.69 Å². The van der Waals surface area contributed by atoms with E-state index < -0.39 is 11.7 Å². The zero-order valence-electron chi connectivity index (χ0n) is 24.7. The highest BCUT2D eigenvalue weighted by molar-refractivity contribution is 8.00. The van der Waals surface area contributed by atoms with E-state index in [2.05, 4.69) is 32.2 Å². The molecule has 0 bridgehead atoms. The van der Waals surface area contributed by atoms with Gasteiger partial charge in [0, 0.05) is 22.2 Å². The lowest BCUT2D eigenvalue weighted by atomic mass is 9.87. The molecule has 4 aromatic rings. The van der Waals surface area contributed by atoms with E-state index in [0.29, 0.717) is 11.5 Å². The van der Waals surface area contributed by atoms with Crippen molar-refractivity contribution < 1.29 is 18.7 Å². The average molecular weight is 587 g/mol. The maximum atomic E-state index is 13.9. The van der Waals surface area contributed by atoms with Gasteiger partial charge >= 0.3 is 0 Å². The molecule has 3 aromatic carbocycles. The fourth-order valence-corrected chi connectivity index (χ4v) is 6.51. The van der Waals surface area contributed by atoms with Gasteiger partial charge in [0.25, 0.3) is 0 Å². The number of ether oxygens (including phenoxy) is 1. The first-order valence-electron chi connectivity index (χ1n) is 13.8. The Bertz CT molecular complexity index is 1640. The third kappa shape index (κ3) is 5.79. The Morgan fingerprint density at radius 1 is 1.10 bits per heavy atom. The van der Waals surface area contributed by atoms with E-state index in [1.165, 1.54) is 40.9 Å². The SMILES string of the molecule is COc1ccccc1C1SCC(=O)N(CC(=O)Nc2ccc(F)cc2)c2c1c(C(C)(C)C)nn2-c1ccc(C)cc1C. The molecule has 0 saturated carbocycles. The van der Waals surface area contributed by atoms with Crippen LogP contribution in [0.1, 0.15) is 54.0 Å². The Morgan fingerprint density at radius 2 is 1.81 bits per heavy atom. The number of aromatic nitrogens is 2. The van der Waals surface area contributed by atoms with E-state index >= 15 is 0 Å². The van der Waals surface area contributed by atoms with Crippen molar-refractivity contribution in [2.24, 2.45) is 0 Å². The van der Waals surface area contributed by atoms with E-state index in [9.17, 15) is 14.0 Å². The summed E-state index contributed by atoms with van der Waals surface area (Å²) in [7, 11) is 1.64. The number of rotatable bonds is 6. The van der Waals surface area contributed by atoms with Crippen LogP contribution in [0.3, 0.4) is 0 Å². The third-order valence-corrected chi connectivity index (χ3v) is 8.47. The molecule has 218 valence electrons. The molecule has 0 aliphatic carbocycles. The molecule has 7 nitrogen and oxygen atoms in total. The molecule has 42 heavy (non-hydrogen) atoms. The molecule has 5 rings (SSSR count). The summed E-state index contributed by atoms with van der Waals surface area (Å²) in [6, 6.07) is 19.5. The summed E-state index contributed by atoms with van der Waals surface area (Å²) in [5.74, 6) is 0.429. The molecule has 2 amide bonds. The van der Waals surface area contributed by atoms with Crippen LogP contribution in [0.4, 0.5) is 15.9 Å². The summed E-state index contributed by atoms with van der Waals surface area (Å²) >= 11 is 1.50. The third-order valence-electron chi connectivity index (χ3n) is 7.23. The summed E-state index contributed by atoms with van der Waals surface area (Å²) in [5, 5.41) is 7.71. The van der Waals surface area contributed by atoms with E-state index in [1.54, 1.807) is 7.11 Å². The van der Waals surface area contributed by atoms with Crippen molar-refractivity contribution in [2.75, 3.05) is 29.6 Å². The van der Waals surface area contributed by atoms with Crippen LogP contribution in [0.5, 0.6) is 5.75 Å². The van der Waals surface area contributed by atoms with E-state index in [-0.39, 0.29) is 28.9 Å². The topological polar surface area (TPSA) is 76.5 Å². The van der Waals surface area contributed by atoms with E-state index in [1.807, 2.05) is 54.9 Å². The Labute approximate surface area is 250 Å². The monoisotopic (exact) mass is 586 g/mol. The van der Waals surface area contributed by atoms with Crippen LogP contribution in [-0.4, -0.2) is 41.0 Å². The van der Waals surface area contributed by atoms with Gasteiger partial charge in [0.1, 0.15) is 23.9 Å². The van der Waals surface area contributed by atoms with E-state index in [4.69, 9.17) is 9.84 Å². The maximum Gasteiger partial charge on any atom is 0.244 e. The Hall–Kier alpha value is -4.11. The van der Waals surface area contributed by atoms with Crippen LogP contribution < -0.4 is 15.0 Å². The Balaban J connectivity index is 1.73. The predicted octanol–water partition coefficient (Wildman–Crippen LogP) is 6.74. The molecule has 1 N–H and O–H groups in total. The predicted molar refractivity (Wildman–Crippen MR) is 166 cm³/mol. The zero-order chi connectivity index (χ0) is 30.2. The van der Waals surface area contributed by atoms with Crippen LogP contribution in [0.2, 0.25) is 0 Å². The number of para-hydroxylation sites is 1. The summed E-state index contributed by atoms with van der Waals surface area (Å²) in [5.41, 5.74) is 5.64. The summed E-state index contributed by atoms with van der Waals surface area (Å²) in [6.45, 7) is 10.1. The number of thioether (sulfide) groups is 1. The molecule has 1 atom stereocenters. The van der Waals surface area contributed by atoms with Gasteiger partial charge in [-0.1, -0.05) is 56.7 Å². The highest BCUT2D eigenvalue weighted by Gasteiger charge is 2.40. The summed E-state index contributed by atoms with van der Waals surface area (Å²) in [4.78, 5) is 28.9. The van der Waals surface area contributed by atoms with Crippen molar-refractivity contribution in [3.8, 4) is 11.4 Å². The first-order chi connectivity index (χ1) is 20.0. The molecule has 9 heteroatoms. The quantitative estimate of drug-likeness (QED) is 0.271. The number of aryl methyl sites for hydroxylation is 2. The summed E-state index contributed by atoms with van der Waals surface area (Å²) in [6.07, 6.45) is 0. The molecule has 1 aromatic heterocycles. The second-order valence-electron chi connectivity index (χ2n) is 11.5. The Morgan fingerprint density at radius 3 is 2.48 bits per heavy atom. The first kappa shape index (κ1) is 29.4. The van der Waals surface area contributed by atoms with Crippen molar-refractivity contribution in [1.29, 1.82) is 0 Å². The van der Waals surface area contributed by atoms with Crippen LogP contribution in [0.15, 0.2) is 66.7 Å². The number of methoxy groups -OCH3 is 1. The van der Waals surface area contributed by atoms with Crippen molar-refractivity contribution in [1.82, 2.24) is 9.78 Å². The lowest BCUT2D eigenvalue weighted by molar-refractivity contribution is -0.120. The molecular weight excluding hydrogens is 551 g/mol. The molecule has 1 aliphatic rings. The second-order valence-corrected chi connectivity index (χ2v) is 12.6. The number of amides is 2. The fraction of sp³-hybridized carbons (Fsp3) is 0.303. The molecule has 0 saturated heterocycles. The van der Waals surface area contributed by atoms with Crippen molar-refractivity contribution in [3.63, 3.8) is 0 Å². The maximum absolute atomic E-state index is 13.9. The summed E-state index contributed by atoms with van der Waals surface area (Å²) < 4.78 is 21.1. The van der Waals surface area contributed by atoms with Crippen LogP contribution in [-0.2, 0) is 15.0 Å². The molecule has 2 heterocycles. The smallest absolute Gasteiger partial charge is 0.244 e. The number of fused-ring (bicyclic) bond motifs is 1. The second kappa shape index (κ2) is 11.6. The van der Waals surface area contributed by atoms with Gasteiger partial charge in [-0.3, -0.25) is 14.5 Å². The fourth-order valence-electron chi connectivity index (χ4n) is 5.29. The van der Waals surface area contributed by atoms with Crippen molar-refractivity contribution in [3.05, 3.63) is 100 Å². The van der Waals surface area contributed by atoms with Crippen LogP contribution in [0, 0.1) is 19.7 Å². The number of halogens is 1. The highest BCUT2D eigenvalue weighted by Crippen LogP contribution is 2.50. The van der Waals surface area contributed by atoms with Gasteiger partial charge in [-0.15, -0.1) is 11.8 Å². The molecular formula is C33H35FN4O3S. The molecule has 1 aliphatic heterocycles. The zero-order valence-corrected chi connectivity index (χ0v) is 25.5. The minimum atomic E-state index is -0.396. The average Bonchev–Trinajstić information content (AvgIpc) is 3.27.